The molecule has 0 aromatic heterocycles. The fourth-order valence-corrected chi connectivity index (χ4v) is 6.83. The van der Waals surface area contributed by atoms with Crippen LogP contribution in [0, 0.1) is 0 Å². The number of hydrogen-bond acceptors (Lipinski definition) is 7. The maximum atomic E-state index is 13.3. The van der Waals surface area contributed by atoms with Crippen LogP contribution < -0.4 is 15.4 Å². The first kappa shape index (κ1) is 32.2. The molecular weight excluding hydrogens is 596 g/mol. The molecule has 0 spiro atoms. The van der Waals surface area contributed by atoms with Gasteiger partial charge in [-0.3, -0.25) is 19.3 Å². The van der Waals surface area contributed by atoms with Gasteiger partial charge in [0.15, 0.2) is 5.78 Å². The Balaban J connectivity index is 0.942. The molecule has 246 valence electrons. The fraction of sp³-hybridized carbons (Fsp3) is 0.405. The van der Waals surface area contributed by atoms with Gasteiger partial charge in [-0.1, -0.05) is 48.5 Å². The summed E-state index contributed by atoms with van der Waals surface area (Å²) in [7, 11) is 0. The van der Waals surface area contributed by atoms with Crippen LogP contribution in [0.5, 0.6) is 5.75 Å². The van der Waals surface area contributed by atoms with Gasteiger partial charge in [0.2, 0.25) is 5.91 Å². The molecule has 3 aliphatic rings. The van der Waals surface area contributed by atoms with Crippen molar-refractivity contribution in [2.75, 3.05) is 31.1 Å². The van der Waals surface area contributed by atoms with Crippen LogP contribution in [0.3, 0.4) is 0 Å². The van der Waals surface area contributed by atoms with E-state index in [2.05, 4.69) is 6.07 Å². The zero-order valence-corrected chi connectivity index (χ0v) is 26.6. The molecule has 0 saturated carbocycles. The van der Waals surface area contributed by atoms with Crippen molar-refractivity contribution in [1.29, 1.82) is 0 Å². The van der Waals surface area contributed by atoms with Crippen molar-refractivity contribution < 1.29 is 28.7 Å². The average Bonchev–Trinajstić information content (AvgIpc) is 3.61. The van der Waals surface area contributed by atoms with E-state index >= 15 is 0 Å². The monoisotopic (exact) mass is 638 g/mol. The topological polar surface area (TPSA) is 122 Å². The summed E-state index contributed by atoms with van der Waals surface area (Å²) in [6.07, 6.45) is 3.84. The Bertz CT molecular complexity index is 1570. The molecule has 2 saturated heterocycles. The van der Waals surface area contributed by atoms with Crippen LogP contribution in [0.15, 0.2) is 78.9 Å². The van der Waals surface area contributed by atoms with Crippen molar-refractivity contribution in [3.8, 4) is 5.75 Å². The van der Waals surface area contributed by atoms with Gasteiger partial charge in [0.05, 0.1) is 18.7 Å². The normalized spacial score (nSPS) is 18.9. The number of benzene rings is 3. The molecular formula is C37H42N4O6. The highest BCUT2D eigenvalue weighted by Gasteiger charge is 2.37. The first-order valence-electron chi connectivity index (χ1n) is 16.6. The standard InChI is InChI=1S/C37H42N4O6/c38-31(35(43)33-11-6-21-40(33)37(45)47-25-26-7-2-1-3-8-26)20-24-46-30-15-12-28(13-16-30)36(44)39-22-18-29(19-23-39)41-32-10-5-4-9-27(32)14-17-34(41)42/h1-5,7-10,12-13,15-16,29,31,33H,6,11,14,17-25,38H2/t31-,33+/m0/s1. The number of ether oxygens (including phenoxy) is 2. The molecule has 0 bridgehead atoms. The van der Waals surface area contributed by atoms with Crippen molar-refractivity contribution in [1.82, 2.24) is 9.80 Å². The third-order valence-electron chi connectivity index (χ3n) is 9.43. The summed E-state index contributed by atoms with van der Waals surface area (Å²) in [4.78, 5) is 57.2. The minimum atomic E-state index is -0.778. The number of likely N-dealkylation sites (tertiary alicyclic amines) is 2. The lowest BCUT2D eigenvalue weighted by Gasteiger charge is -2.41. The second-order valence-corrected chi connectivity index (χ2v) is 12.5. The first-order chi connectivity index (χ1) is 22.9. The molecule has 10 nitrogen and oxygen atoms in total. The summed E-state index contributed by atoms with van der Waals surface area (Å²) in [6.45, 7) is 2.00. The number of nitrogens with two attached hydrogens (primary N) is 1. The molecule has 2 fully saturated rings. The van der Waals surface area contributed by atoms with Crippen LogP contribution >= 0.6 is 0 Å². The Kier molecular flexibility index (Phi) is 10.2. The Morgan fingerprint density at radius 1 is 0.851 bits per heavy atom. The number of piperidine rings is 1. The highest BCUT2D eigenvalue weighted by atomic mass is 16.6. The van der Waals surface area contributed by atoms with Gasteiger partial charge in [-0.05, 0) is 73.6 Å². The lowest BCUT2D eigenvalue weighted by atomic mass is 9.95. The fourth-order valence-electron chi connectivity index (χ4n) is 6.83. The van der Waals surface area contributed by atoms with Crippen LogP contribution in [-0.4, -0.2) is 77.9 Å². The number of carbonyl (C=O) groups excluding carboxylic acids is 4. The zero-order chi connectivity index (χ0) is 32.8. The quantitative estimate of drug-likeness (QED) is 0.341. The summed E-state index contributed by atoms with van der Waals surface area (Å²) in [5.74, 6) is 0.501. The first-order valence-corrected chi connectivity index (χ1v) is 16.6. The Morgan fingerprint density at radius 3 is 2.34 bits per heavy atom. The van der Waals surface area contributed by atoms with Crippen LogP contribution in [0.1, 0.15) is 60.0 Å². The van der Waals surface area contributed by atoms with Gasteiger partial charge >= 0.3 is 6.09 Å². The minimum absolute atomic E-state index is 0.0450. The van der Waals surface area contributed by atoms with Gasteiger partial charge in [-0.2, -0.15) is 0 Å². The molecule has 47 heavy (non-hydrogen) atoms. The maximum absolute atomic E-state index is 13.3. The SMILES string of the molecule is N[C@@H](CCOc1ccc(C(=O)N2CCC(N3C(=O)CCc4ccccc43)CC2)cc1)C(=O)[C@H]1CCCN1C(=O)OCc1ccccc1. The van der Waals surface area contributed by atoms with Crippen LogP contribution in [-0.2, 0) is 27.4 Å². The summed E-state index contributed by atoms with van der Waals surface area (Å²) >= 11 is 0. The number of nitrogens with zero attached hydrogens (tertiary/aromatic N) is 3. The van der Waals surface area contributed by atoms with Crippen LogP contribution in [0.4, 0.5) is 10.5 Å². The predicted octanol–water partition coefficient (Wildman–Crippen LogP) is 4.74. The molecule has 3 aliphatic heterocycles. The van der Waals surface area contributed by atoms with Gasteiger partial charge in [0, 0.05) is 49.8 Å². The van der Waals surface area contributed by atoms with Gasteiger partial charge in [0.1, 0.15) is 12.4 Å². The molecule has 2 atom stereocenters. The number of amides is 3. The van der Waals surface area contributed by atoms with Gasteiger partial charge < -0.3 is 25.0 Å². The highest BCUT2D eigenvalue weighted by Crippen LogP contribution is 2.32. The highest BCUT2D eigenvalue weighted by molar-refractivity contribution is 5.97. The third kappa shape index (κ3) is 7.49. The number of rotatable bonds is 10. The summed E-state index contributed by atoms with van der Waals surface area (Å²) in [6, 6.07) is 23.2. The number of para-hydroxylation sites is 1. The number of carbonyl (C=O) groups is 4. The lowest BCUT2D eigenvalue weighted by molar-refractivity contribution is -0.124. The van der Waals surface area contributed by atoms with Crippen molar-refractivity contribution in [2.24, 2.45) is 5.73 Å². The van der Waals surface area contributed by atoms with Gasteiger partial charge in [0.25, 0.3) is 5.91 Å². The van der Waals surface area contributed by atoms with Crippen molar-refractivity contribution in [3.05, 3.63) is 95.6 Å². The van der Waals surface area contributed by atoms with Crippen LogP contribution in [0.25, 0.3) is 0 Å². The van der Waals surface area contributed by atoms with E-state index in [4.69, 9.17) is 15.2 Å². The summed E-state index contributed by atoms with van der Waals surface area (Å²) in [5, 5.41) is 0. The number of aryl methyl sites for hydroxylation is 1. The number of hydrogen-bond donors (Lipinski definition) is 1. The van der Waals surface area contributed by atoms with E-state index in [9.17, 15) is 19.2 Å². The van der Waals surface area contributed by atoms with E-state index in [-0.39, 0.29) is 36.9 Å². The Labute approximate surface area is 275 Å². The molecule has 0 aliphatic carbocycles. The van der Waals surface area contributed by atoms with E-state index in [1.54, 1.807) is 24.3 Å². The summed E-state index contributed by atoms with van der Waals surface area (Å²) < 4.78 is 11.3. The molecule has 0 radical (unpaired) electrons. The second-order valence-electron chi connectivity index (χ2n) is 12.5. The van der Waals surface area contributed by atoms with E-state index in [1.807, 2.05) is 58.3 Å². The van der Waals surface area contributed by atoms with Gasteiger partial charge in [-0.25, -0.2) is 4.79 Å². The average molecular weight is 639 g/mol. The van der Waals surface area contributed by atoms with E-state index in [1.165, 1.54) is 10.5 Å². The molecule has 3 aromatic rings. The van der Waals surface area contributed by atoms with Crippen LogP contribution in [0.2, 0.25) is 0 Å². The summed E-state index contributed by atoms with van der Waals surface area (Å²) in [5.41, 5.74) is 9.91. The van der Waals surface area contributed by atoms with E-state index in [0.717, 1.165) is 36.9 Å². The number of Topliss-reactive ketones (excluding diaryl/α,β-unsaturated/α-hetero) is 1. The molecule has 0 unspecified atom stereocenters. The number of fused-ring (bicyclic) bond motifs is 1. The predicted molar refractivity (Wildman–Crippen MR) is 177 cm³/mol. The van der Waals surface area contributed by atoms with E-state index in [0.29, 0.717) is 50.2 Å². The van der Waals surface area contributed by atoms with Crippen molar-refractivity contribution in [3.63, 3.8) is 0 Å². The molecule has 10 heteroatoms. The third-order valence-corrected chi connectivity index (χ3v) is 9.43. The molecule has 3 heterocycles. The minimum Gasteiger partial charge on any atom is -0.494 e. The lowest BCUT2D eigenvalue weighted by Crippen LogP contribution is -2.50. The molecule has 3 aromatic carbocycles. The Morgan fingerprint density at radius 2 is 1.57 bits per heavy atom. The smallest absolute Gasteiger partial charge is 0.410 e. The van der Waals surface area contributed by atoms with Gasteiger partial charge in [-0.15, -0.1) is 0 Å². The second kappa shape index (κ2) is 14.8. The number of ketones is 1. The number of anilines is 1. The van der Waals surface area contributed by atoms with Crippen molar-refractivity contribution in [2.45, 2.75) is 69.7 Å². The van der Waals surface area contributed by atoms with E-state index < -0.39 is 18.2 Å². The Hall–Kier alpha value is -4.70. The van der Waals surface area contributed by atoms with Crippen molar-refractivity contribution >= 4 is 29.4 Å². The molecule has 6 rings (SSSR count). The maximum Gasteiger partial charge on any atom is 0.410 e. The molecule has 3 amide bonds. The molecule has 2 N–H and O–H groups in total. The largest absolute Gasteiger partial charge is 0.494 e. The zero-order valence-electron chi connectivity index (χ0n) is 26.6.